The van der Waals surface area contributed by atoms with Crippen LogP contribution in [0.25, 0.3) is 10.9 Å². The van der Waals surface area contributed by atoms with Gasteiger partial charge < -0.3 is 44.3 Å². The molecule has 2 saturated heterocycles. The molecule has 2 fully saturated rings. The number of allylic oxidation sites excluding steroid dienone is 3. The number of halogens is 1. The molecule has 14 nitrogen and oxygen atoms in total. The first-order valence-corrected chi connectivity index (χ1v) is 19.5. The van der Waals surface area contributed by atoms with Crippen molar-refractivity contribution >= 4 is 57.6 Å². The average molecular weight is 819 g/mol. The van der Waals surface area contributed by atoms with E-state index in [4.69, 9.17) is 41.0 Å². The lowest BCUT2D eigenvalue weighted by atomic mass is 9.78. The average Bonchev–Trinajstić information content (AvgIpc) is 3.89. The third-order valence-electron chi connectivity index (χ3n) is 11.6. The highest BCUT2D eigenvalue weighted by Crippen LogP contribution is 2.50. The number of fused-ring (bicyclic) bond motifs is 6. The zero-order chi connectivity index (χ0) is 42.3. The van der Waals surface area contributed by atoms with Crippen molar-refractivity contribution < 1.29 is 48.0 Å². The number of epoxide rings is 1. The quantitative estimate of drug-likeness (QED) is 0.189. The third kappa shape index (κ3) is 8.56. The summed E-state index contributed by atoms with van der Waals surface area (Å²) >= 11 is 6.79. The van der Waals surface area contributed by atoms with Gasteiger partial charge in [0.15, 0.2) is 0 Å². The Balaban J connectivity index is 1.34. The second kappa shape index (κ2) is 16.7. The number of esters is 2. The molecule has 310 valence electrons. The topological polar surface area (TPSA) is 183 Å². The van der Waals surface area contributed by atoms with E-state index in [9.17, 15) is 24.3 Å². The minimum Gasteiger partial charge on any atom is -0.495 e. The van der Waals surface area contributed by atoms with Gasteiger partial charge in [0.2, 0.25) is 5.91 Å². The van der Waals surface area contributed by atoms with Gasteiger partial charge in [0.05, 0.1) is 37.3 Å². The van der Waals surface area contributed by atoms with Crippen molar-refractivity contribution in [2.24, 2.45) is 5.92 Å². The molecule has 3 aliphatic heterocycles. The molecule has 0 aliphatic carbocycles. The van der Waals surface area contributed by atoms with Gasteiger partial charge in [-0.05, 0) is 69.2 Å². The fourth-order valence-electron chi connectivity index (χ4n) is 7.88. The zero-order valence-corrected chi connectivity index (χ0v) is 34.7. The van der Waals surface area contributed by atoms with Gasteiger partial charge in [-0.15, -0.1) is 0 Å². The number of methoxy groups -OCH3 is 2. The van der Waals surface area contributed by atoms with Crippen LogP contribution in [0.3, 0.4) is 0 Å². The predicted molar refractivity (Wildman–Crippen MR) is 218 cm³/mol. The maximum Gasteiger partial charge on any atom is 0.328 e. The van der Waals surface area contributed by atoms with Gasteiger partial charge in [-0.25, -0.2) is 9.78 Å². The van der Waals surface area contributed by atoms with Crippen molar-refractivity contribution in [1.29, 1.82) is 0 Å². The van der Waals surface area contributed by atoms with E-state index in [1.807, 2.05) is 19.9 Å². The molecule has 1 aromatic heterocycles. The Kier molecular flexibility index (Phi) is 12.3. The van der Waals surface area contributed by atoms with E-state index in [1.165, 1.54) is 38.0 Å². The number of likely N-dealkylation sites (N-methyl/N-ethyl adjacent to an activating group) is 1. The normalized spacial score (nSPS) is 29.7. The van der Waals surface area contributed by atoms with E-state index in [-0.39, 0.29) is 30.0 Å². The standard InChI is InChI=1S/C43H51ClN4O10/c1-23-10-9-11-34(55-8)43(53)21-33(56-37(50)22-43)24(2)39-42(4,58-39)35(20-36(49)48(6)31-17-26(16-23)18-32(54-7)38(31)44)57-41(52)25(3)47(5)40(51)30-14-12-27-19-28(45)13-15-29(27)46-30/h9-15,17-19,24-25,33-35,39,53H,16,20-22,45H2,1-8H3/b11-9+,23-10+/t24-,25+,33+,34-,35+,39+,42+,43-/m1/s1. The Morgan fingerprint density at radius 2 is 1.90 bits per heavy atom. The molecule has 0 radical (unpaired) electrons. The van der Waals surface area contributed by atoms with E-state index in [1.54, 1.807) is 68.6 Å². The molecule has 6 rings (SSSR count). The van der Waals surface area contributed by atoms with E-state index in [0.717, 1.165) is 16.5 Å². The summed E-state index contributed by atoms with van der Waals surface area (Å²) in [5.74, 6) is -2.52. The van der Waals surface area contributed by atoms with Gasteiger partial charge >= 0.3 is 11.9 Å². The number of aromatic nitrogens is 1. The van der Waals surface area contributed by atoms with E-state index in [2.05, 4.69) is 4.98 Å². The minimum atomic E-state index is -1.60. The maximum absolute atomic E-state index is 14.3. The van der Waals surface area contributed by atoms with Crippen LogP contribution in [0.15, 0.2) is 66.3 Å². The molecule has 15 heteroatoms. The summed E-state index contributed by atoms with van der Waals surface area (Å²) in [4.78, 5) is 62.0. The molecule has 0 spiro atoms. The van der Waals surface area contributed by atoms with Gasteiger partial charge in [0.25, 0.3) is 5.91 Å². The first-order chi connectivity index (χ1) is 27.4. The molecule has 4 heterocycles. The van der Waals surface area contributed by atoms with Crippen LogP contribution in [0, 0.1) is 5.92 Å². The lowest BCUT2D eigenvalue weighted by molar-refractivity contribution is -0.187. The number of hydrogen-bond acceptors (Lipinski definition) is 12. The number of hydrogen-bond donors (Lipinski definition) is 2. The zero-order valence-electron chi connectivity index (χ0n) is 34.0. The smallest absolute Gasteiger partial charge is 0.328 e. The van der Waals surface area contributed by atoms with Crippen molar-refractivity contribution in [2.75, 3.05) is 38.9 Å². The van der Waals surface area contributed by atoms with Gasteiger partial charge in [-0.3, -0.25) is 14.4 Å². The summed E-state index contributed by atoms with van der Waals surface area (Å²) in [6, 6.07) is 10.9. The number of carbonyl (C=O) groups is 4. The number of nitrogen functional groups attached to an aromatic ring is 1. The van der Waals surface area contributed by atoms with Crippen LogP contribution in [-0.2, 0) is 39.8 Å². The lowest BCUT2D eigenvalue weighted by Gasteiger charge is -2.41. The Morgan fingerprint density at radius 1 is 1.16 bits per heavy atom. The summed E-state index contributed by atoms with van der Waals surface area (Å²) in [6.07, 6.45) is 1.73. The first-order valence-electron chi connectivity index (χ1n) is 19.1. The summed E-state index contributed by atoms with van der Waals surface area (Å²) in [6.45, 7) is 6.99. The minimum absolute atomic E-state index is 0.0395. The Labute approximate surface area is 342 Å². The van der Waals surface area contributed by atoms with E-state index < -0.39 is 71.3 Å². The summed E-state index contributed by atoms with van der Waals surface area (Å²) in [7, 11) is 5.99. The molecule has 58 heavy (non-hydrogen) atoms. The van der Waals surface area contributed by atoms with Crippen LogP contribution < -0.4 is 15.4 Å². The molecule has 2 aromatic carbocycles. The number of nitrogens with zero attached hydrogens (tertiary/aromatic N) is 3. The van der Waals surface area contributed by atoms with Crippen molar-refractivity contribution in [1.82, 2.24) is 9.88 Å². The predicted octanol–water partition coefficient (Wildman–Crippen LogP) is 5.21. The summed E-state index contributed by atoms with van der Waals surface area (Å²) < 4.78 is 29.6. The van der Waals surface area contributed by atoms with Crippen LogP contribution in [-0.4, -0.2) is 109 Å². The molecule has 3 aliphatic rings. The molecule has 3 N–H and O–H groups in total. The largest absolute Gasteiger partial charge is 0.495 e. The highest BCUT2D eigenvalue weighted by atomic mass is 35.5. The Morgan fingerprint density at radius 3 is 2.60 bits per heavy atom. The third-order valence-corrected chi connectivity index (χ3v) is 12.0. The maximum atomic E-state index is 14.3. The molecular formula is C43H51ClN4O10. The number of ether oxygens (including phenoxy) is 5. The molecule has 2 amide bonds. The molecule has 0 unspecified atom stereocenters. The number of aliphatic hydroxyl groups is 1. The Hall–Kier alpha value is -5.02. The first kappa shape index (κ1) is 42.6. The van der Waals surface area contributed by atoms with E-state index in [0.29, 0.717) is 29.1 Å². The molecule has 8 atom stereocenters. The van der Waals surface area contributed by atoms with Crippen LogP contribution in [0.5, 0.6) is 5.75 Å². The highest BCUT2D eigenvalue weighted by molar-refractivity contribution is 6.35. The number of anilines is 2. The fraction of sp³-hybridized carbons (Fsp3) is 0.465. The number of pyridine rings is 1. The number of amides is 2. The second-order valence-corrected chi connectivity index (χ2v) is 16.2. The van der Waals surface area contributed by atoms with Gasteiger partial charge in [0, 0.05) is 44.6 Å². The molecule has 4 bridgehead atoms. The number of benzene rings is 2. The molecule has 3 aromatic rings. The Bertz CT molecular complexity index is 2180. The van der Waals surface area contributed by atoms with Gasteiger partial charge in [-0.1, -0.05) is 48.4 Å². The van der Waals surface area contributed by atoms with Crippen molar-refractivity contribution in [3.05, 3.63) is 82.5 Å². The number of rotatable bonds is 6. The van der Waals surface area contributed by atoms with Crippen LogP contribution in [0.4, 0.5) is 11.4 Å². The molecular weight excluding hydrogens is 768 g/mol. The molecule has 0 saturated carbocycles. The highest BCUT2D eigenvalue weighted by Gasteiger charge is 2.64. The number of carbonyl (C=O) groups excluding carboxylic acids is 4. The van der Waals surface area contributed by atoms with E-state index >= 15 is 0 Å². The second-order valence-electron chi connectivity index (χ2n) is 15.8. The summed E-state index contributed by atoms with van der Waals surface area (Å²) in [5.41, 5.74) is 6.41. The monoisotopic (exact) mass is 818 g/mol. The van der Waals surface area contributed by atoms with Gasteiger partial charge in [0.1, 0.15) is 52.0 Å². The van der Waals surface area contributed by atoms with Crippen molar-refractivity contribution in [3.8, 4) is 5.75 Å². The number of nitrogens with two attached hydrogens (primary N) is 1. The van der Waals surface area contributed by atoms with Crippen LogP contribution >= 0.6 is 11.6 Å². The van der Waals surface area contributed by atoms with Crippen molar-refractivity contribution in [3.63, 3.8) is 0 Å². The SMILES string of the molecule is COc1cc2cc(c1Cl)N(C)C(=O)C[C@H](OC(=O)[C@H](C)N(C)C(=O)c1ccc3cc(N)ccc3n1)[C@]1(C)O[C@H]1[C@H](C)[C@@H]1C[C@@](O)(CC(=O)O1)[C@H](OC)/C=C/C=C(\C)C2. The van der Waals surface area contributed by atoms with Crippen molar-refractivity contribution in [2.45, 2.75) is 95.0 Å². The lowest BCUT2D eigenvalue weighted by Crippen LogP contribution is -2.53. The summed E-state index contributed by atoms with van der Waals surface area (Å²) in [5, 5.41) is 12.9. The fourth-order valence-corrected chi connectivity index (χ4v) is 8.19. The van der Waals surface area contributed by atoms with Crippen LogP contribution in [0.2, 0.25) is 5.02 Å². The van der Waals surface area contributed by atoms with Gasteiger partial charge in [-0.2, -0.15) is 0 Å². The van der Waals surface area contributed by atoms with Crippen LogP contribution in [0.1, 0.15) is 63.0 Å².